The van der Waals surface area contributed by atoms with Crippen LogP contribution in [0.1, 0.15) is 43.4 Å². The maximum Gasteiger partial charge on any atom is 0.306 e. The van der Waals surface area contributed by atoms with Crippen LogP contribution in [0.3, 0.4) is 0 Å². The molecule has 1 aliphatic carbocycles. The number of nitrogens with zero attached hydrogens (tertiary/aromatic N) is 2. The number of aliphatic carboxylic acids is 1. The normalized spacial score (nSPS) is 18.0. The fourth-order valence-corrected chi connectivity index (χ4v) is 5.32. The zero-order valence-corrected chi connectivity index (χ0v) is 22.5. The van der Waals surface area contributed by atoms with Crippen LogP contribution in [0.15, 0.2) is 54.6 Å². The second-order valence-corrected chi connectivity index (χ2v) is 10.3. The van der Waals surface area contributed by atoms with Gasteiger partial charge in [-0.15, -0.1) is 0 Å². The van der Waals surface area contributed by atoms with E-state index in [1.54, 1.807) is 7.11 Å². The first-order chi connectivity index (χ1) is 18.2. The summed E-state index contributed by atoms with van der Waals surface area (Å²) < 4.78 is 12.9. The molecule has 4 rings (SSSR count). The van der Waals surface area contributed by atoms with Crippen molar-refractivity contribution in [3.05, 3.63) is 70.7 Å². The van der Waals surface area contributed by atoms with Gasteiger partial charge >= 0.3 is 5.97 Å². The lowest BCUT2D eigenvalue weighted by Gasteiger charge is -2.32. The summed E-state index contributed by atoms with van der Waals surface area (Å²) in [7, 11) is 1.59. The van der Waals surface area contributed by atoms with Gasteiger partial charge in [0.1, 0.15) is 6.61 Å². The minimum atomic E-state index is -0.702. The number of benzene rings is 2. The van der Waals surface area contributed by atoms with Crippen molar-refractivity contribution >= 4 is 17.6 Å². The second kappa shape index (κ2) is 12.5. The number of aromatic nitrogens is 1. The molecule has 38 heavy (non-hydrogen) atoms. The van der Waals surface area contributed by atoms with E-state index in [4.69, 9.17) is 21.1 Å². The van der Waals surface area contributed by atoms with Crippen LogP contribution in [0, 0.1) is 11.8 Å². The Morgan fingerprint density at radius 3 is 2.42 bits per heavy atom. The molecular weight excluding hydrogens is 508 g/mol. The van der Waals surface area contributed by atoms with Crippen molar-refractivity contribution in [3.63, 3.8) is 0 Å². The Morgan fingerprint density at radius 2 is 1.79 bits per heavy atom. The Hall–Kier alpha value is -3.36. The Morgan fingerprint density at radius 1 is 1.08 bits per heavy atom. The zero-order valence-electron chi connectivity index (χ0n) is 21.7. The number of hydrogen-bond donors (Lipinski definition) is 3. The molecule has 0 aliphatic heterocycles. The Balaban J connectivity index is 1.47. The molecule has 1 heterocycles. The van der Waals surface area contributed by atoms with Gasteiger partial charge < -0.3 is 24.8 Å². The summed E-state index contributed by atoms with van der Waals surface area (Å²) in [6.45, 7) is 4.11. The van der Waals surface area contributed by atoms with E-state index in [0.717, 1.165) is 30.5 Å². The van der Waals surface area contributed by atoms with Gasteiger partial charge in [0.25, 0.3) is 0 Å². The summed E-state index contributed by atoms with van der Waals surface area (Å²) in [5.41, 5.74) is 2.19. The molecule has 1 fully saturated rings. The topological polar surface area (TPSA) is 104 Å². The molecule has 1 aromatic heterocycles. The van der Waals surface area contributed by atoms with Crippen molar-refractivity contribution < 1.29 is 29.6 Å². The minimum Gasteiger partial charge on any atom is -0.494 e. The SMILES string of the molecule is COc1cc(CN(C[C@H]2CC[C@@H](C(=O)O)C2)[C@@H](C)c2ccc(Cl)cc2)ccc1OCCn1c(O)ccc1O. The van der Waals surface area contributed by atoms with E-state index in [-0.39, 0.29) is 36.9 Å². The average Bonchev–Trinajstić information content (AvgIpc) is 3.51. The summed E-state index contributed by atoms with van der Waals surface area (Å²) in [4.78, 5) is 13.9. The molecule has 3 N–H and O–H groups in total. The number of aromatic hydroxyl groups is 2. The van der Waals surface area contributed by atoms with E-state index in [9.17, 15) is 20.1 Å². The summed E-state index contributed by atoms with van der Waals surface area (Å²) in [6, 6.07) is 16.6. The van der Waals surface area contributed by atoms with Crippen molar-refractivity contribution in [1.82, 2.24) is 9.47 Å². The molecule has 0 unspecified atom stereocenters. The number of carbonyl (C=O) groups is 1. The van der Waals surface area contributed by atoms with Crippen LogP contribution >= 0.6 is 11.6 Å². The smallest absolute Gasteiger partial charge is 0.306 e. The molecule has 3 aromatic rings. The van der Waals surface area contributed by atoms with Gasteiger partial charge in [-0.05, 0) is 67.5 Å². The monoisotopic (exact) mass is 542 g/mol. The number of methoxy groups -OCH3 is 1. The van der Waals surface area contributed by atoms with E-state index in [1.165, 1.54) is 16.7 Å². The fraction of sp³-hybridized carbons (Fsp3) is 0.414. The highest BCUT2D eigenvalue weighted by molar-refractivity contribution is 6.30. The summed E-state index contributed by atoms with van der Waals surface area (Å²) in [5.74, 6) is 0.457. The lowest BCUT2D eigenvalue weighted by Crippen LogP contribution is -2.31. The maximum absolute atomic E-state index is 11.5. The van der Waals surface area contributed by atoms with Crippen LogP contribution in [0.5, 0.6) is 23.3 Å². The molecule has 204 valence electrons. The fourth-order valence-electron chi connectivity index (χ4n) is 5.19. The van der Waals surface area contributed by atoms with Crippen molar-refractivity contribution in [1.29, 1.82) is 0 Å². The molecule has 1 aliphatic rings. The Kier molecular flexibility index (Phi) is 9.07. The predicted molar refractivity (Wildman–Crippen MR) is 145 cm³/mol. The molecular formula is C29H35ClN2O6. The van der Waals surface area contributed by atoms with E-state index in [0.29, 0.717) is 35.4 Å². The third-order valence-electron chi connectivity index (χ3n) is 7.40. The summed E-state index contributed by atoms with van der Waals surface area (Å²) >= 11 is 6.12. The number of hydrogen-bond acceptors (Lipinski definition) is 6. The molecule has 2 aromatic carbocycles. The third-order valence-corrected chi connectivity index (χ3v) is 7.66. The summed E-state index contributed by atoms with van der Waals surface area (Å²) in [5, 5.41) is 29.8. The van der Waals surface area contributed by atoms with Gasteiger partial charge in [0.05, 0.1) is 19.6 Å². The lowest BCUT2D eigenvalue weighted by atomic mass is 10.0. The standard InChI is InChI=1S/C29H35ClN2O6/c1-19(22-6-8-24(30)9-7-22)31(17-20-3-5-23(15-20)29(35)36)18-21-4-10-25(26(16-21)37-2)38-14-13-32-27(33)11-12-28(32)34/h4,6-12,16,19-20,23,33-34H,3,5,13-15,17-18H2,1-2H3,(H,35,36)/t19-,20-,23+/m0/s1. The molecule has 0 bridgehead atoms. The van der Waals surface area contributed by atoms with E-state index >= 15 is 0 Å². The number of ether oxygens (including phenoxy) is 2. The summed E-state index contributed by atoms with van der Waals surface area (Å²) in [6.07, 6.45) is 2.33. The van der Waals surface area contributed by atoms with Crippen LogP contribution in [0.4, 0.5) is 0 Å². The number of carboxylic acids is 1. The van der Waals surface area contributed by atoms with Crippen LogP contribution < -0.4 is 9.47 Å². The highest BCUT2D eigenvalue weighted by atomic mass is 35.5. The second-order valence-electron chi connectivity index (χ2n) is 9.91. The Bertz CT molecular complexity index is 1210. The molecule has 0 radical (unpaired) electrons. The quantitative estimate of drug-likeness (QED) is 0.269. The van der Waals surface area contributed by atoms with Crippen molar-refractivity contribution in [2.24, 2.45) is 11.8 Å². The van der Waals surface area contributed by atoms with E-state index in [2.05, 4.69) is 11.8 Å². The minimum absolute atomic E-state index is 0.0275. The number of rotatable bonds is 12. The van der Waals surface area contributed by atoms with Crippen LogP contribution in [0.25, 0.3) is 0 Å². The highest BCUT2D eigenvalue weighted by Gasteiger charge is 2.32. The van der Waals surface area contributed by atoms with Crippen LogP contribution in [0.2, 0.25) is 5.02 Å². The zero-order chi connectivity index (χ0) is 27.2. The van der Waals surface area contributed by atoms with Gasteiger partial charge in [-0.1, -0.05) is 29.8 Å². The van der Waals surface area contributed by atoms with Crippen LogP contribution in [-0.2, 0) is 17.9 Å². The predicted octanol–water partition coefficient (Wildman–Crippen LogP) is 5.70. The molecule has 0 saturated heterocycles. The van der Waals surface area contributed by atoms with Gasteiger partial charge in [-0.2, -0.15) is 0 Å². The maximum atomic E-state index is 11.5. The lowest BCUT2D eigenvalue weighted by molar-refractivity contribution is -0.141. The van der Waals surface area contributed by atoms with Gasteiger partial charge in [0.2, 0.25) is 0 Å². The third kappa shape index (κ3) is 6.74. The average molecular weight is 543 g/mol. The molecule has 9 heteroatoms. The highest BCUT2D eigenvalue weighted by Crippen LogP contribution is 2.35. The number of halogens is 1. The van der Waals surface area contributed by atoms with Crippen molar-refractivity contribution in [3.8, 4) is 23.3 Å². The first kappa shape index (κ1) is 27.7. The van der Waals surface area contributed by atoms with E-state index in [1.807, 2.05) is 42.5 Å². The Labute approximate surface area is 228 Å². The van der Waals surface area contributed by atoms with Crippen LogP contribution in [-0.4, -0.2) is 51.0 Å². The molecule has 0 spiro atoms. The van der Waals surface area contributed by atoms with Gasteiger partial charge in [0.15, 0.2) is 23.3 Å². The van der Waals surface area contributed by atoms with Crippen molar-refractivity contribution in [2.45, 2.75) is 45.3 Å². The van der Waals surface area contributed by atoms with Gasteiger partial charge in [-0.25, -0.2) is 0 Å². The van der Waals surface area contributed by atoms with Gasteiger partial charge in [0, 0.05) is 36.3 Å². The first-order valence-electron chi connectivity index (χ1n) is 12.8. The molecule has 8 nitrogen and oxygen atoms in total. The number of carboxylic acid groups (broad SMARTS) is 1. The first-order valence-corrected chi connectivity index (χ1v) is 13.2. The largest absolute Gasteiger partial charge is 0.494 e. The molecule has 0 amide bonds. The van der Waals surface area contributed by atoms with Crippen molar-refractivity contribution in [2.75, 3.05) is 20.3 Å². The molecule has 3 atom stereocenters. The van der Waals surface area contributed by atoms with Gasteiger partial charge in [-0.3, -0.25) is 14.3 Å². The molecule has 1 saturated carbocycles. The van der Waals surface area contributed by atoms with E-state index < -0.39 is 5.97 Å².